The Labute approximate surface area is 101 Å². The molecule has 1 N–H and O–H groups in total. The second kappa shape index (κ2) is 4.51. The van der Waals surface area contributed by atoms with Crippen LogP contribution in [0, 0.1) is 5.82 Å². The quantitative estimate of drug-likeness (QED) is 0.891. The molecule has 0 saturated carbocycles. The number of carboxylic acid groups (broad SMARTS) is 1. The lowest BCUT2D eigenvalue weighted by Gasteiger charge is -2.03. The number of rotatable bonds is 2. The topological polar surface area (TPSA) is 50.2 Å². The number of halogens is 2. The predicted molar refractivity (Wildman–Crippen MR) is 61.6 cm³/mol. The molecule has 0 aliphatic carbocycles. The van der Waals surface area contributed by atoms with Gasteiger partial charge in [-0.15, -0.1) is 0 Å². The van der Waals surface area contributed by atoms with Gasteiger partial charge < -0.3 is 5.11 Å². The Kier molecular flexibility index (Phi) is 3.06. The summed E-state index contributed by atoms with van der Waals surface area (Å²) in [5.74, 6) is -1.56. The molecule has 0 aliphatic heterocycles. The number of benzene rings is 1. The maximum atomic E-state index is 13.0. The van der Waals surface area contributed by atoms with Gasteiger partial charge in [0.2, 0.25) is 0 Å². The lowest BCUT2D eigenvalue weighted by molar-refractivity contribution is 0.0697. The zero-order valence-electron chi connectivity index (χ0n) is 8.52. The fraction of sp³-hybridized carbons (Fsp3) is 0. The number of carbonyl (C=O) groups is 1. The summed E-state index contributed by atoms with van der Waals surface area (Å²) in [5, 5.41) is 8.82. The van der Waals surface area contributed by atoms with Crippen molar-refractivity contribution in [2.45, 2.75) is 0 Å². The summed E-state index contributed by atoms with van der Waals surface area (Å²) in [7, 11) is 0. The fourth-order valence-corrected chi connectivity index (χ4v) is 1.56. The number of carboxylic acids is 1. The van der Waals surface area contributed by atoms with E-state index in [9.17, 15) is 9.18 Å². The van der Waals surface area contributed by atoms with Gasteiger partial charge in [-0.05, 0) is 30.3 Å². The lowest BCUT2D eigenvalue weighted by Crippen LogP contribution is -1.97. The number of aromatic nitrogens is 1. The normalized spacial score (nSPS) is 10.2. The Hall–Kier alpha value is -1.94. The zero-order chi connectivity index (χ0) is 12.4. The van der Waals surface area contributed by atoms with E-state index in [0.29, 0.717) is 11.3 Å². The van der Waals surface area contributed by atoms with Gasteiger partial charge in [-0.2, -0.15) is 0 Å². The minimum atomic E-state index is -1.04. The SMILES string of the molecule is O=C(O)c1ccnc(-c2ccc(F)c(Cl)c2)c1. The molecule has 1 aromatic heterocycles. The molecule has 0 atom stereocenters. The molecule has 1 heterocycles. The fourth-order valence-electron chi connectivity index (χ4n) is 1.38. The van der Waals surface area contributed by atoms with Gasteiger partial charge in [-0.1, -0.05) is 11.6 Å². The van der Waals surface area contributed by atoms with E-state index in [0.717, 1.165) is 0 Å². The Bertz CT molecular complexity index is 586. The van der Waals surface area contributed by atoms with Crippen molar-refractivity contribution in [1.82, 2.24) is 4.98 Å². The van der Waals surface area contributed by atoms with E-state index in [4.69, 9.17) is 16.7 Å². The van der Waals surface area contributed by atoms with Crippen molar-refractivity contribution in [1.29, 1.82) is 0 Å². The third-order valence-electron chi connectivity index (χ3n) is 2.22. The van der Waals surface area contributed by atoms with Crippen LogP contribution in [0.1, 0.15) is 10.4 Å². The standard InChI is InChI=1S/C12H7ClFNO2/c13-9-5-7(1-2-10(9)14)11-6-8(12(16)17)3-4-15-11/h1-6H,(H,16,17). The van der Waals surface area contributed by atoms with Gasteiger partial charge in [0.15, 0.2) is 0 Å². The maximum Gasteiger partial charge on any atom is 0.335 e. The second-order valence-corrected chi connectivity index (χ2v) is 3.77. The number of hydrogen-bond acceptors (Lipinski definition) is 2. The van der Waals surface area contributed by atoms with Crippen LogP contribution in [-0.4, -0.2) is 16.1 Å². The summed E-state index contributed by atoms with van der Waals surface area (Å²) >= 11 is 5.65. The van der Waals surface area contributed by atoms with Gasteiger partial charge in [0, 0.05) is 11.8 Å². The molecule has 0 amide bonds. The van der Waals surface area contributed by atoms with Gasteiger partial charge in [0.1, 0.15) is 5.82 Å². The highest BCUT2D eigenvalue weighted by Crippen LogP contribution is 2.23. The van der Waals surface area contributed by atoms with Gasteiger partial charge in [-0.3, -0.25) is 4.98 Å². The van der Waals surface area contributed by atoms with Crippen LogP contribution < -0.4 is 0 Å². The molecule has 5 heteroatoms. The molecule has 3 nitrogen and oxygen atoms in total. The van der Waals surface area contributed by atoms with E-state index in [1.165, 1.54) is 36.5 Å². The summed E-state index contributed by atoms with van der Waals surface area (Å²) in [5.41, 5.74) is 1.13. The average Bonchev–Trinajstić information content (AvgIpc) is 2.33. The first kappa shape index (κ1) is 11.5. The van der Waals surface area contributed by atoms with E-state index in [2.05, 4.69) is 4.98 Å². The number of pyridine rings is 1. The smallest absolute Gasteiger partial charge is 0.335 e. The van der Waals surface area contributed by atoms with Crippen LogP contribution in [0.3, 0.4) is 0 Å². The third kappa shape index (κ3) is 2.42. The van der Waals surface area contributed by atoms with E-state index in [-0.39, 0.29) is 10.6 Å². The van der Waals surface area contributed by atoms with E-state index >= 15 is 0 Å². The third-order valence-corrected chi connectivity index (χ3v) is 2.51. The minimum Gasteiger partial charge on any atom is -0.478 e. The molecule has 0 spiro atoms. The first-order valence-electron chi connectivity index (χ1n) is 4.72. The minimum absolute atomic E-state index is 0.0231. The summed E-state index contributed by atoms with van der Waals surface area (Å²) in [6.45, 7) is 0. The van der Waals surface area contributed by atoms with E-state index in [1.54, 1.807) is 0 Å². The molecule has 2 aromatic rings. The molecule has 0 radical (unpaired) electrons. The van der Waals surface area contributed by atoms with E-state index in [1.807, 2.05) is 0 Å². The monoisotopic (exact) mass is 251 g/mol. The summed E-state index contributed by atoms with van der Waals surface area (Å²) in [6, 6.07) is 6.91. The molecule has 1 aromatic carbocycles. The first-order chi connectivity index (χ1) is 8.08. The van der Waals surface area contributed by atoms with Crippen molar-refractivity contribution in [2.75, 3.05) is 0 Å². The Morgan fingerprint density at radius 2 is 2.06 bits per heavy atom. The predicted octanol–water partition coefficient (Wildman–Crippen LogP) is 3.24. The maximum absolute atomic E-state index is 13.0. The molecule has 86 valence electrons. The van der Waals surface area contributed by atoms with Crippen molar-refractivity contribution in [3.8, 4) is 11.3 Å². The first-order valence-corrected chi connectivity index (χ1v) is 5.10. The van der Waals surface area contributed by atoms with Crippen LogP contribution in [-0.2, 0) is 0 Å². The number of nitrogens with zero attached hydrogens (tertiary/aromatic N) is 1. The summed E-state index contributed by atoms with van der Waals surface area (Å²) in [6.07, 6.45) is 1.38. The largest absolute Gasteiger partial charge is 0.478 e. The van der Waals surface area contributed by atoms with Crippen LogP contribution in [0.5, 0.6) is 0 Å². The highest BCUT2D eigenvalue weighted by Gasteiger charge is 2.07. The van der Waals surface area contributed by atoms with Crippen molar-refractivity contribution in [3.63, 3.8) is 0 Å². The van der Waals surface area contributed by atoms with Gasteiger partial charge >= 0.3 is 5.97 Å². The van der Waals surface area contributed by atoms with Gasteiger partial charge in [-0.25, -0.2) is 9.18 Å². The summed E-state index contributed by atoms with van der Waals surface area (Å²) < 4.78 is 13.0. The van der Waals surface area contributed by atoms with E-state index < -0.39 is 11.8 Å². The molecule has 0 fully saturated rings. The van der Waals surface area contributed by atoms with Crippen molar-refractivity contribution < 1.29 is 14.3 Å². The molecule has 2 rings (SSSR count). The van der Waals surface area contributed by atoms with Gasteiger partial charge in [0.25, 0.3) is 0 Å². The number of hydrogen-bond donors (Lipinski definition) is 1. The molecule has 17 heavy (non-hydrogen) atoms. The molecule has 0 aliphatic rings. The lowest BCUT2D eigenvalue weighted by atomic mass is 10.1. The highest BCUT2D eigenvalue weighted by atomic mass is 35.5. The zero-order valence-corrected chi connectivity index (χ0v) is 9.28. The van der Waals surface area contributed by atoms with Crippen LogP contribution in [0.4, 0.5) is 4.39 Å². The Morgan fingerprint density at radius 1 is 1.29 bits per heavy atom. The average molecular weight is 252 g/mol. The summed E-state index contributed by atoms with van der Waals surface area (Å²) in [4.78, 5) is 14.8. The molecule has 0 unspecified atom stereocenters. The van der Waals surface area contributed by atoms with Gasteiger partial charge in [0.05, 0.1) is 16.3 Å². The molecular weight excluding hydrogens is 245 g/mol. The second-order valence-electron chi connectivity index (χ2n) is 3.36. The molecule has 0 saturated heterocycles. The highest BCUT2D eigenvalue weighted by molar-refractivity contribution is 6.31. The number of aromatic carboxylic acids is 1. The molecule has 0 bridgehead atoms. The van der Waals surface area contributed by atoms with Crippen LogP contribution >= 0.6 is 11.6 Å². The van der Waals surface area contributed by atoms with Crippen molar-refractivity contribution >= 4 is 17.6 Å². The Balaban J connectivity index is 2.49. The van der Waals surface area contributed by atoms with Crippen molar-refractivity contribution in [3.05, 3.63) is 52.9 Å². The van der Waals surface area contributed by atoms with Crippen molar-refractivity contribution in [2.24, 2.45) is 0 Å². The Morgan fingerprint density at radius 3 is 2.71 bits per heavy atom. The van der Waals surface area contributed by atoms with Crippen LogP contribution in [0.25, 0.3) is 11.3 Å². The van der Waals surface area contributed by atoms with Crippen LogP contribution in [0.15, 0.2) is 36.5 Å². The van der Waals surface area contributed by atoms with Crippen LogP contribution in [0.2, 0.25) is 5.02 Å². The molecular formula is C12H7ClFNO2.